The maximum Gasteiger partial charge on any atom is 0.416 e. The van der Waals surface area contributed by atoms with Crippen LogP contribution in [0.3, 0.4) is 0 Å². The number of amides is 1. The summed E-state index contributed by atoms with van der Waals surface area (Å²) in [4.78, 5) is 23.7. The number of alkyl halides is 9. The predicted octanol–water partition coefficient (Wildman–Crippen LogP) is 5.17. The van der Waals surface area contributed by atoms with Crippen LogP contribution in [0.5, 0.6) is 0 Å². The Morgan fingerprint density at radius 3 is 1.75 bits per heavy atom. The summed E-state index contributed by atoms with van der Waals surface area (Å²) in [6.07, 6.45) is -16.3. The largest absolute Gasteiger partial charge is 0.480 e. The summed E-state index contributed by atoms with van der Waals surface area (Å²) in [6, 6.07) is 1.62. The molecule has 1 atom stereocenters. The highest BCUT2D eigenvalue weighted by molar-refractivity contribution is 5.97. The van der Waals surface area contributed by atoms with Crippen molar-refractivity contribution in [3.05, 3.63) is 70.3 Å². The fourth-order valence-electron chi connectivity index (χ4n) is 2.72. The van der Waals surface area contributed by atoms with E-state index in [-0.39, 0.29) is 18.2 Å². The number of carboxylic acid groups (broad SMARTS) is 1. The average molecular weight is 473 g/mol. The lowest BCUT2D eigenvalue weighted by molar-refractivity contribution is -0.143. The molecule has 0 aliphatic heterocycles. The van der Waals surface area contributed by atoms with Crippen LogP contribution in [0.25, 0.3) is 0 Å². The average Bonchev–Trinajstić information content (AvgIpc) is 2.65. The number of carbonyl (C=O) groups excluding carboxylic acids is 1. The minimum atomic E-state index is -5.26. The fraction of sp³-hybridized carbons (Fsp3) is 0.263. The molecule has 4 nitrogen and oxygen atoms in total. The summed E-state index contributed by atoms with van der Waals surface area (Å²) in [7, 11) is 0. The van der Waals surface area contributed by atoms with Crippen molar-refractivity contribution < 1.29 is 54.2 Å². The second-order valence-corrected chi connectivity index (χ2v) is 6.52. The van der Waals surface area contributed by atoms with Gasteiger partial charge in [0.2, 0.25) is 0 Å². The molecule has 13 heteroatoms. The number of carboxylic acids is 1. The quantitative estimate of drug-likeness (QED) is 0.590. The van der Waals surface area contributed by atoms with Gasteiger partial charge < -0.3 is 10.4 Å². The molecule has 0 aliphatic rings. The summed E-state index contributed by atoms with van der Waals surface area (Å²) in [5.74, 6) is -3.49. The molecule has 0 saturated heterocycles. The third kappa shape index (κ3) is 6.14. The number of halogens is 9. The smallest absolute Gasteiger partial charge is 0.416 e. The Balaban J connectivity index is 2.40. The van der Waals surface area contributed by atoms with Crippen LogP contribution in [0.4, 0.5) is 39.5 Å². The summed E-state index contributed by atoms with van der Waals surface area (Å²) >= 11 is 0. The molecular weight excluding hydrogens is 461 g/mol. The van der Waals surface area contributed by atoms with Gasteiger partial charge in [-0.05, 0) is 29.8 Å². The molecule has 0 bridgehead atoms. The summed E-state index contributed by atoms with van der Waals surface area (Å²) < 4.78 is 117. The number of rotatable bonds is 5. The molecular formula is C19H12F9NO3. The molecule has 174 valence electrons. The monoisotopic (exact) mass is 473 g/mol. The number of benzene rings is 2. The van der Waals surface area contributed by atoms with Crippen molar-refractivity contribution >= 4 is 11.9 Å². The van der Waals surface area contributed by atoms with Gasteiger partial charge >= 0.3 is 24.5 Å². The van der Waals surface area contributed by atoms with Crippen molar-refractivity contribution in [2.75, 3.05) is 0 Å². The van der Waals surface area contributed by atoms with Gasteiger partial charge in [-0.1, -0.05) is 18.2 Å². The standard InChI is InChI=1S/C19H12F9NO3/c20-17(21,22)11-5-10(6-12(8-11)18(23,24)25)15(30)29-14(16(31)32)7-9-3-1-2-4-13(9)19(26,27)28/h1-6,8,14H,7H2,(H,29,30)(H,31,32)/t14-/m0/s1. The number of aliphatic carboxylic acids is 1. The maximum absolute atomic E-state index is 13.1. The van der Waals surface area contributed by atoms with Crippen molar-refractivity contribution in [1.29, 1.82) is 0 Å². The Bertz CT molecular complexity index is 978. The van der Waals surface area contributed by atoms with Gasteiger partial charge in [-0.25, -0.2) is 4.79 Å². The van der Waals surface area contributed by atoms with Gasteiger partial charge in [0, 0.05) is 12.0 Å². The molecule has 0 radical (unpaired) electrons. The predicted molar refractivity (Wildman–Crippen MR) is 90.5 cm³/mol. The Kier molecular flexibility index (Phi) is 6.81. The van der Waals surface area contributed by atoms with E-state index in [0.29, 0.717) is 6.07 Å². The van der Waals surface area contributed by atoms with Gasteiger partial charge in [-0.2, -0.15) is 39.5 Å². The van der Waals surface area contributed by atoms with Crippen LogP contribution in [0.2, 0.25) is 0 Å². The van der Waals surface area contributed by atoms with Crippen LogP contribution < -0.4 is 5.32 Å². The van der Waals surface area contributed by atoms with Crippen molar-refractivity contribution in [2.45, 2.75) is 31.0 Å². The molecule has 0 spiro atoms. The van der Waals surface area contributed by atoms with E-state index in [2.05, 4.69) is 0 Å². The van der Waals surface area contributed by atoms with Crippen LogP contribution in [0.1, 0.15) is 32.6 Å². The van der Waals surface area contributed by atoms with Crippen LogP contribution in [0.15, 0.2) is 42.5 Å². The highest BCUT2D eigenvalue weighted by atomic mass is 19.4. The van der Waals surface area contributed by atoms with E-state index >= 15 is 0 Å². The van der Waals surface area contributed by atoms with E-state index < -0.39 is 70.7 Å². The molecule has 0 unspecified atom stereocenters. The first kappa shape index (κ1) is 25.0. The molecule has 2 N–H and O–H groups in total. The van der Waals surface area contributed by atoms with Crippen molar-refractivity contribution in [3.63, 3.8) is 0 Å². The van der Waals surface area contributed by atoms with Crippen LogP contribution in [0, 0.1) is 0 Å². The van der Waals surface area contributed by atoms with Crippen LogP contribution in [-0.2, 0) is 29.7 Å². The summed E-state index contributed by atoms with van der Waals surface area (Å²) in [5, 5.41) is 10.9. The van der Waals surface area contributed by atoms with E-state index in [1.807, 2.05) is 0 Å². The fourth-order valence-corrected chi connectivity index (χ4v) is 2.72. The molecule has 2 aromatic rings. The minimum absolute atomic E-state index is 0.0765. The number of hydrogen-bond donors (Lipinski definition) is 2. The molecule has 0 aliphatic carbocycles. The zero-order valence-electron chi connectivity index (χ0n) is 15.5. The molecule has 32 heavy (non-hydrogen) atoms. The SMILES string of the molecule is O=C(N[C@@H](Cc1ccccc1C(F)(F)F)C(=O)O)c1cc(C(F)(F)F)cc(C(F)(F)F)c1. The van der Waals surface area contributed by atoms with E-state index in [4.69, 9.17) is 0 Å². The minimum Gasteiger partial charge on any atom is -0.480 e. The molecule has 0 saturated carbocycles. The van der Waals surface area contributed by atoms with E-state index in [1.165, 1.54) is 0 Å². The first-order valence-corrected chi connectivity index (χ1v) is 8.48. The molecule has 2 rings (SSSR count). The van der Waals surface area contributed by atoms with Crippen LogP contribution in [-0.4, -0.2) is 23.0 Å². The van der Waals surface area contributed by atoms with Crippen molar-refractivity contribution in [2.24, 2.45) is 0 Å². The van der Waals surface area contributed by atoms with E-state index in [0.717, 1.165) is 18.2 Å². The van der Waals surface area contributed by atoms with E-state index in [1.54, 1.807) is 5.32 Å². The molecule has 1 amide bonds. The lowest BCUT2D eigenvalue weighted by atomic mass is 9.99. The third-order valence-corrected chi connectivity index (χ3v) is 4.20. The number of hydrogen-bond acceptors (Lipinski definition) is 2. The zero-order valence-corrected chi connectivity index (χ0v) is 15.5. The zero-order chi connectivity index (χ0) is 24.5. The molecule has 2 aromatic carbocycles. The first-order valence-electron chi connectivity index (χ1n) is 8.48. The lowest BCUT2D eigenvalue weighted by Gasteiger charge is -2.19. The Hall–Kier alpha value is -3.25. The van der Waals surface area contributed by atoms with Gasteiger partial charge in [-0.3, -0.25) is 4.79 Å². The maximum atomic E-state index is 13.1. The molecule has 0 fully saturated rings. The highest BCUT2D eigenvalue weighted by Gasteiger charge is 2.38. The topological polar surface area (TPSA) is 66.4 Å². The Morgan fingerprint density at radius 2 is 1.31 bits per heavy atom. The number of nitrogens with one attached hydrogen (secondary N) is 1. The second-order valence-electron chi connectivity index (χ2n) is 6.52. The van der Waals surface area contributed by atoms with Crippen molar-refractivity contribution in [3.8, 4) is 0 Å². The third-order valence-electron chi connectivity index (χ3n) is 4.20. The van der Waals surface area contributed by atoms with Crippen LogP contribution >= 0.6 is 0 Å². The highest BCUT2D eigenvalue weighted by Crippen LogP contribution is 2.36. The van der Waals surface area contributed by atoms with Crippen molar-refractivity contribution in [1.82, 2.24) is 5.32 Å². The van der Waals surface area contributed by atoms with Gasteiger partial charge in [0.25, 0.3) is 5.91 Å². The molecule has 0 aromatic heterocycles. The Labute approximate surface area is 173 Å². The van der Waals surface area contributed by atoms with Gasteiger partial charge in [0.05, 0.1) is 16.7 Å². The van der Waals surface area contributed by atoms with Gasteiger partial charge in [0.1, 0.15) is 6.04 Å². The normalized spacial score (nSPS) is 13.5. The first-order chi connectivity index (χ1) is 14.5. The Morgan fingerprint density at radius 1 is 0.812 bits per heavy atom. The van der Waals surface area contributed by atoms with Gasteiger partial charge in [-0.15, -0.1) is 0 Å². The summed E-state index contributed by atoms with van der Waals surface area (Å²) in [6.45, 7) is 0. The van der Waals surface area contributed by atoms with Gasteiger partial charge in [0.15, 0.2) is 0 Å². The second kappa shape index (κ2) is 8.71. The molecule has 0 heterocycles. The number of carbonyl (C=O) groups is 2. The van der Waals surface area contributed by atoms with E-state index in [9.17, 15) is 54.2 Å². The lowest BCUT2D eigenvalue weighted by Crippen LogP contribution is -2.42. The summed E-state index contributed by atoms with van der Waals surface area (Å²) in [5.41, 5.74) is -6.55.